The average molecular weight is 467 g/mol. The molecular formula is C18H26IN7. The minimum absolute atomic E-state index is 0. The van der Waals surface area contributed by atoms with Crippen LogP contribution in [-0.2, 0) is 20.1 Å². The van der Waals surface area contributed by atoms with Gasteiger partial charge in [-0.1, -0.05) is 18.2 Å². The predicted molar refractivity (Wildman–Crippen MR) is 116 cm³/mol. The zero-order valence-corrected chi connectivity index (χ0v) is 17.6. The van der Waals surface area contributed by atoms with E-state index >= 15 is 0 Å². The van der Waals surface area contributed by atoms with E-state index in [0.717, 1.165) is 37.8 Å². The Morgan fingerprint density at radius 3 is 2.81 bits per heavy atom. The zero-order chi connectivity index (χ0) is 17.5. The summed E-state index contributed by atoms with van der Waals surface area (Å²) in [5.74, 6) is 1.65. The maximum absolute atomic E-state index is 4.57. The fraction of sp³-hybridized carbons (Fsp3) is 0.389. The Hall–Kier alpha value is -2.10. The number of benzene rings is 1. The molecule has 2 N–H and O–H groups in total. The minimum atomic E-state index is 0. The molecular weight excluding hydrogens is 441 g/mol. The highest BCUT2D eigenvalue weighted by Crippen LogP contribution is 2.15. The van der Waals surface area contributed by atoms with Crippen molar-refractivity contribution in [2.24, 2.45) is 12.0 Å². The van der Waals surface area contributed by atoms with Gasteiger partial charge in [0, 0.05) is 38.4 Å². The second-order valence-electron chi connectivity index (χ2n) is 5.84. The van der Waals surface area contributed by atoms with Gasteiger partial charge in [-0.25, -0.2) is 9.98 Å². The summed E-state index contributed by atoms with van der Waals surface area (Å²) >= 11 is 0. The molecule has 2 aromatic heterocycles. The molecule has 0 saturated heterocycles. The summed E-state index contributed by atoms with van der Waals surface area (Å²) in [6.07, 6.45) is 4.72. The van der Waals surface area contributed by atoms with Gasteiger partial charge >= 0.3 is 0 Å². The van der Waals surface area contributed by atoms with E-state index in [-0.39, 0.29) is 24.0 Å². The molecule has 1 aromatic carbocycles. The number of fused-ring (bicyclic) bond motifs is 1. The van der Waals surface area contributed by atoms with Gasteiger partial charge in [0.15, 0.2) is 5.96 Å². The number of aromatic nitrogens is 4. The van der Waals surface area contributed by atoms with E-state index in [1.807, 2.05) is 7.05 Å². The maximum atomic E-state index is 4.57. The van der Waals surface area contributed by atoms with Crippen LogP contribution in [0.4, 0.5) is 0 Å². The lowest BCUT2D eigenvalue weighted by Gasteiger charge is -2.12. The van der Waals surface area contributed by atoms with Gasteiger partial charge in [-0.05, 0) is 30.9 Å². The van der Waals surface area contributed by atoms with Gasteiger partial charge in [-0.3, -0.25) is 4.68 Å². The second-order valence-corrected chi connectivity index (χ2v) is 5.84. The van der Waals surface area contributed by atoms with Crippen molar-refractivity contribution in [2.45, 2.75) is 26.4 Å². The topological polar surface area (TPSA) is 72.1 Å². The number of aliphatic imine (C=N–C) groups is 1. The van der Waals surface area contributed by atoms with Crippen molar-refractivity contribution in [1.29, 1.82) is 0 Å². The highest BCUT2D eigenvalue weighted by Gasteiger charge is 2.02. The third-order valence-corrected chi connectivity index (χ3v) is 4.08. The van der Waals surface area contributed by atoms with Crippen LogP contribution < -0.4 is 10.6 Å². The Balaban J connectivity index is 0.00000243. The first-order valence-corrected chi connectivity index (χ1v) is 8.67. The molecule has 0 saturated carbocycles. The van der Waals surface area contributed by atoms with Crippen molar-refractivity contribution in [3.05, 3.63) is 48.7 Å². The molecule has 0 aliphatic heterocycles. The van der Waals surface area contributed by atoms with Crippen LogP contribution in [0, 0.1) is 0 Å². The van der Waals surface area contributed by atoms with E-state index in [2.05, 4.69) is 73.7 Å². The highest BCUT2D eigenvalue weighted by atomic mass is 127. The number of nitrogens with one attached hydrogen (secondary N) is 2. The van der Waals surface area contributed by atoms with Crippen LogP contribution in [0.2, 0.25) is 0 Å². The third kappa shape index (κ3) is 5.20. The van der Waals surface area contributed by atoms with Crippen LogP contribution >= 0.6 is 24.0 Å². The zero-order valence-electron chi connectivity index (χ0n) is 15.2. The Labute approximate surface area is 170 Å². The molecule has 0 bridgehead atoms. The van der Waals surface area contributed by atoms with Crippen LogP contribution in [0.1, 0.15) is 19.2 Å². The van der Waals surface area contributed by atoms with Gasteiger partial charge in [-0.2, -0.15) is 5.10 Å². The Kier molecular flexibility index (Phi) is 7.89. The van der Waals surface area contributed by atoms with Gasteiger partial charge in [0.25, 0.3) is 0 Å². The van der Waals surface area contributed by atoms with Crippen molar-refractivity contribution >= 4 is 40.8 Å². The number of aryl methyl sites for hydroxylation is 2. The van der Waals surface area contributed by atoms with Gasteiger partial charge in [-0.15, -0.1) is 24.0 Å². The smallest absolute Gasteiger partial charge is 0.191 e. The van der Waals surface area contributed by atoms with E-state index in [0.29, 0.717) is 6.54 Å². The molecule has 8 heteroatoms. The summed E-state index contributed by atoms with van der Waals surface area (Å²) in [5.41, 5.74) is 1.28. The van der Waals surface area contributed by atoms with E-state index in [9.17, 15) is 0 Å². The quantitative estimate of drug-likeness (QED) is 0.243. The SMILES string of the molecule is CCNC(=NCc1ncnn1C)NCCCn1ccc2ccccc21.I. The molecule has 140 valence electrons. The standard InChI is InChI=1S/C18H25N7.HI/c1-3-19-18(21-13-17-22-14-23-24(17)2)20-10-6-11-25-12-9-15-7-4-5-8-16(15)25;/h4-5,7-9,12,14H,3,6,10-11,13H2,1-2H3,(H2,19,20,21);1H. The molecule has 0 spiro atoms. The van der Waals surface area contributed by atoms with Crippen molar-refractivity contribution in [1.82, 2.24) is 30.0 Å². The van der Waals surface area contributed by atoms with Crippen molar-refractivity contribution in [2.75, 3.05) is 13.1 Å². The maximum Gasteiger partial charge on any atom is 0.191 e. The minimum Gasteiger partial charge on any atom is -0.357 e. The van der Waals surface area contributed by atoms with Gasteiger partial charge < -0.3 is 15.2 Å². The normalized spacial score (nSPS) is 11.4. The van der Waals surface area contributed by atoms with Gasteiger partial charge in [0.1, 0.15) is 18.7 Å². The first kappa shape index (κ1) is 20.2. The summed E-state index contributed by atoms with van der Waals surface area (Å²) in [4.78, 5) is 8.76. The largest absolute Gasteiger partial charge is 0.357 e. The summed E-state index contributed by atoms with van der Waals surface area (Å²) in [7, 11) is 1.87. The van der Waals surface area contributed by atoms with Gasteiger partial charge in [0.05, 0.1) is 0 Å². The number of halogens is 1. The molecule has 0 radical (unpaired) electrons. The number of guanidine groups is 1. The summed E-state index contributed by atoms with van der Waals surface area (Å²) in [6, 6.07) is 10.6. The Morgan fingerprint density at radius 1 is 1.19 bits per heavy atom. The van der Waals surface area contributed by atoms with E-state index in [1.165, 1.54) is 10.9 Å². The van der Waals surface area contributed by atoms with Crippen LogP contribution in [0.15, 0.2) is 47.8 Å². The van der Waals surface area contributed by atoms with E-state index < -0.39 is 0 Å². The summed E-state index contributed by atoms with van der Waals surface area (Å²) in [5, 5.41) is 12.0. The lowest BCUT2D eigenvalue weighted by molar-refractivity contribution is 0.639. The monoisotopic (exact) mass is 467 g/mol. The lowest BCUT2D eigenvalue weighted by Crippen LogP contribution is -2.38. The summed E-state index contributed by atoms with van der Waals surface area (Å²) in [6.45, 7) is 5.23. The molecule has 7 nitrogen and oxygen atoms in total. The fourth-order valence-corrected chi connectivity index (χ4v) is 2.75. The molecule has 0 unspecified atom stereocenters. The first-order chi connectivity index (χ1) is 12.3. The van der Waals surface area contributed by atoms with Crippen LogP contribution in [-0.4, -0.2) is 38.4 Å². The molecule has 0 aliphatic rings. The van der Waals surface area contributed by atoms with Crippen molar-refractivity contribution < 1.29 is 0 Å². The fourth-order valence-electron chi connectivity index (χ4n) is 2.75. The number of hydrogen-bond acceptors (Lipinski definition) is 3. The third-order valence-electron chi connectivity index (χ3n) is 4.08. The molecule has 2 heterocycles. The predicted octanol–water partition coefficient (Wildman–Crippen LogP) is 2.53. The molecule has 3 aromatic rings. The number of hydrogen-bond donors (Lipinski definition) is 2. The highest BCUT2D eigenvalue weighted by molar-refractivity contribution is 14.0. The Morgan fingerprint density at radius 2 is 2.04 bits per heavy atom. The molecule has 3 rings (SSSR count). The second kappa shape index (κ2) is 10.1. The number of nitrogens with zero attached hydrogens (tertiary/aromatic N) is 5. The number of para-hydroxylation sites is 1. The summed E-state index contributed by atoms with van der Waals surface area (Å²) < 4.78 is 4.03. The molecule has 0 aliphatic carbocycles. The van der Waals surface area contributed by atoms with Crippen LogP contribution in [0.5, 0.6) is 0 Å². The Bertz CT molecular complexity index is 837. The lowest BCUT2D eigenvalue weighted by atomic mass is 10.2. The van der Waals surface area contributed by atoms with Crippen molar-refractivity contribution in [3.8, 4) is 0 Å². The van der Waals surface area contributed by atoms with E-state index in [4.69, 9.17) is 0 Å². The first-order valence-electron chi connectivity index (χ1n) is 8.67. The molecule has 0 amide bonds. The molecule has 0 atom stereocenters. The van der Waals surface area contributed by atoms with Crippen molar-refractivity contribution in [3.63, 3.8) is 0 Å². The molecule has 26 heavy (non-hydrogen) atoms. The molecule has 0 fully saturated rings. The van der Waals surface area contributed by atoms with Crippen LogP contribution in [0.25, 0.3) is 10.9 Å². The van der Waals surface area contributed by atoms with Gasteiger partial charge in [0.2, 0.25) is 0 Å². The number of rotatable bonds is 7. The van der Waals surface area contributed by atoms with E-state index in [1.54, 1.807) is 11.0 Å². The average Bonchev–Trinajstić information content (AvgIpc) is 3.22. The van der Waals surface area contributed by atoms with Crippen LogP contribution in [0.3, 0.4) is 0 Å².